The minimum absolute atomic E-state index is 0.127. The summed E-state index contributed by atoms with van der Waals surface area (Å²) in [5, 5.41) is 12.5. The summed E-state index contributed by atoms with van der Waals surface area (Å²) in [6, 6.07) is 12.9. The molecule has 2 heterocycles. The maximum Gasteiger partial charge on any atom is 0.263 e. The van der Waals surface area contributed by atoms with Crippen molar-refractivity contribution in [2.24, 2.45) is 0 Å². The lowest BCUT2D eigenvalue weighted by Crippen LogP contribution is -2.27. The van der Waals surface area contributed by atoms with Gasteiger partial charge in [0, 0.05) is 19.2 Å². The van der Waals surface area contributed by atoms with Crippen LogP contribution in [0, 0.1) is 0 Å². The molecule has 0 fully saturated rings. The lowest BCUT2D eigenvalue weighted by molar-refractivity contribution is -0.118. The van der Waals surface area contributed by atoms with Crippen LogP contribution in [0.1, 0.15) is 5.56 Å². The molecule has 0 unspecified atom stereocenters. The number of benzene rings is 2. The van der Waals surface area contributed by atoms with Crippen LogP contribution >= 0.6 is 11.8 Å². The Kier molecular flexibility index (Phi) is 7.17. The number of para-hydroxylation sites is 1. The Morgan fingerprint density at radius 3 is 2.76 bits per heavy atom. The van der Waals surface area contributed by atoms with Gasteiger partial charge in [-0.2, -0.15) is 0 Å². The number of fused-ring (bicyclic) bond motifs is 3. The van der Waals surface area contributed by atoms with Gasteiger partial charge < -0.3 is 14.8 Å². The smallest absolute Gasteiger partial charge is 0.263 e. The molecule has 0 atom stereocenters. The van der Waals surface area contributed by atoms with E-state index in [1.807, 2.05) is 36.4 Å². The number of nitrogens with zero attached hydrogens (tertiary/aromatic N) is 4. The number of carbonyl (C=O) groups is 1. The molecule has 0 aliphatic rings. The highest BCUT2D eigenvalue weighted by Crippen LogP contribution is 2.25. The minimum atomic E-state index is -0.154. The van der Waals surface area contributed by atoms with Crippen molar-refractivity contribution in [1.29, 1.82) is 0 Å². The highest BCUT2D eigenvalue weighted by atomic mass is 32.2. The lowest BCUT2D eigenvalue weighted by atomic mass is 10.1. The van der Waals surface area contributed by atoms with Crippen LogP contribution in [0.3, 0.4) is 0 Å². The van der Waals surface area contributed by atoms with Gasteiger partial charge in [-0.1, -0.05) is 36.0 Å². The second-order valence-electron chi connectivity index (χ2n) is 7.41. The quantitative estimate of drug-likeness (QED) is 0.276. The van der Waals surface area contributed by atoms with E-state index in [0.29, 0.717) is 47.1 Å². The van der Waals surface area contributed by atoms with Crippen LogP contribution in [-0.2, 0) is 17.8 Å². The highest BCUT2D eigenvalue weighted by Gasteiger charge is 2.17. The summed E-state index contributed by atoms with van der Waals surface area (Å²) in [6.45, 7) is 4.50. The summed E-state index contributed by atoms with van der Waals surface area (Å²) in [7, 11) is 3.21. The number of aromatic nitrogens is 4. The van der Waals surface area contributed by atoms with Gasteiger partial charge in [-0.15, -0.1) is 16.8 Å². The van der Waals surface area contributed by atoms with Crippen molar-refractivity contribution in [3.63, 3.8) is 0 Å². The van der Waals surface area contributed by atoms with Crippen LogP contribution in [0.5, 0.6) is 11.5 Å². The van der Waals surface area contributed by atoms with Gasteiger partial charge in [-0.25, -0.2) is 0 Å². The van der Waals surface area contributed by atoms with E-state index in [1.54, 1.807) is 30.8 Å². The molecular formula is C24H25N5O4S. The van der Waals surface area contributed by atoms with E-state index >= 15 is 0 Å². The van der Waals surface area contributed by atoms with Crippen molar-refractivity contribution in [2.45, 2.75) is 18.1 Å². The molecule has 4 aromatic rings. The zero-order chi connectivity index (χ0) is 24.1. The first-order valence-electron chi connectivity index (χ1n) is 10.6. The number of rotatable bonds is 10. The monoisotopic (exact) mass is 479 g/mol. The average Bonchev–Trinajstić information content (AvgIpc) is 3.29. The Morgan fingerprint density at radius 2 is 2.00 bits per heavy atom. The number of nitrogens with one attached hydrogen (secondary N) is 1. The number of ether oxygens (including phenoxy) is 2. The standard InChI is InChI=1S/C24H25N5O4S/c1-4-13-28-22(31)18-7-5-6-8-19(18)29-23(28)26-27-24(29)34-15-21(30)25-12-11-16-9-10-17(32-2)14-20(16)33-3/h4-10,14H,1,11-13,15H2,2-3H3,(H,25,30). The van der Waals surface area contributed by atoms with Crippen LogP contribution in [0.15, 0.2) is 65.1 Å². The van der Waals surface area contributed by atoms with E-state index in [1.165, 1.54) is 16.3 Å². The molecule has 1 N–H and O–H groups in total. The van der Waals surface area contributed by atoms with Gasteiger partial charge in [0.1, 0.15) is 11.5 Å². The zero-order valence-electron chi connectivity index (χ0n) is 19.0. The molecule has 0 saturated heterocycles. The third-order valence-electron chi connectivity index (χ3n) is 5.33. The topological polar surface area (TPSA) is 99.8 Å². The van der Waals surface area contributed by atoms with Crippen molar-refractivity contribution in [2.75, 3.05) is 26.5 Å². The number of thioether (sulfide) groups is 1. The van der Waals surface area contributed by atoms with Gasteiger partial charge >= 0.3 is 0 Å². The Labute approximate surface area is 200 Å². The maximum absolute atomic E-state index is 12.9. The van der Waals surface area contributed by atoms with Gasteiger partial charge in [0.25, 0.3) is 5.56 Å². The Bertz CT molecular complexity index is 1410. The largest absolute Gasteiger partial charge is 0.497 e. The third-order valence-corrected chi connectivity index (χ3v) is 6.26. The van der Waals surface area contributed by atoms with Crippen molar-refractivity contribution in [3.8, 4) is 11.5 Å². The molecule has 0 radical (unpaired) electrons. The van der Waals surface area contributed by atoms with Gasteiger partial charge in [0.2, 0.25) is 11.7 Å². The first-order chi connectivity index (χ1) is 16.6. The molecule has 0 spiro atoms. The van der Waals surface area contributed by atoms with Gasteiger partial charge in [-0.3, -0.25) is 18.6 Å². The second-order valence-corrected chi connectivity index (χ2v) is 8.35. The van der Waals surface area contributed by atoms with E-state index in [0.717, 1.165) is 11.3 Å². The van der Waals surface area contributed by atoms with Gasteiger partial charge in [0.15, 0.2) is 5.16 Å². The Balaban J connectivity index is 1.46. The summed E-state index contributed by atoms with van der Waals surface area (Å²) in [5.41, 5.74) is 1.52. The number of allylic oxidation sites excluding steroid dienone is 1. The van der Waals surface area contributed by atoms with Crippen LogP contribution < -0.4 is 20.3 Å². The Hall–Kier alpha value is -3.79. The Morgan fingerprint density at radius 1 is 1.18 bits per heavy atom. The molecule has 10 heteroatoms. The van der Waals surface area contributed by atoms with Crippen LogP contribution in [-0.4, -0.2) is 51.6 Å². The van der Waals surface area contributed by atoms with Crippen LogP contribution in [0.2, 0.25) is 0 Å². The first kappa shape index (κ1) is 23.4. The average molecular weight is 480 g/mol. The SMILES string of the molecule is C=CCn1c(=O)c2ccccc2n2c(SCC(=O)NCCc3ccc(OC)cc3OC)nnc12. The molecule has 9 nitrogen and oxygen atoms in total. The molecule has 4 rings (SSSR count). The van der Waals surface area contributed by atoms with Crippen molar-refractivity contribution in [3.05, 3.63) is 71.0 Å². The predicted molar refractivity (Wildman–Crippen MR) is 132 cm³/mol. The van der Waals surface area contributed by atoms with Crippen molar-refractivity contribution >= 4 is 34.3 Å². The highest BCUT2D eigenvalue weighted by molar-refractivity contribution is 7.99. The fraction of sp³-hybridized carbons (Fsp3) is 0.250. The predicted octanol–water partition coefficient (Wildman–Crippen LogP) is 2.70. The molecule has 0 aliphatic carbocycles. The zero-order valence-corrected chi connectivity index (χ0v) is 19.8. The van der Waals surface area contributed by atoms with E-state index in [-0.39, 0.29) is 17.2 Å². The van der Waals surface area contributed by atoms with Crippen LogP contribution in [0.25, 0.3) is 16.7 Å². The lowest BCUT2D eigenvalue weighted by Gasteiger charge is -2.11. The molecule has 0 bridgehead atoms. The fourth-order valence-corrected chi connectivity index (χ4v) is 4.47. The fourth-order valence-electron chi connectivity index (χ4n) is 3.70. The molecule has 0 aliphatic heterocycles. The van der Waals surface area contributed by atoms with Crippen molar-refractivity contribution < 1.29 is 14.3 Å². The molecule has 34 heavy (non-hydrogen) atoms. The van der Waals surface area contributed by atoms with Crippen LogP contribution in [0.4, 0.5) is 0 Å². The number of hydrogen-bond donors (Lipinski definition) is 1. The van der Waals surface area contributed by atoms with E-state index in [2.05, 4.69) is 22.1 Å². The summed E-state index contributed by atoms with van der Waals surface area (Å²) in [5.74, 6) is 1.88. The summed E-state index contributed by atoms with van der Waals surface area (Å²) >= 11 is 1.27. The number of hydrogen-bond acceptors (Lipinski definition) is 7. The third kappa shape index (κ3) is 4.62. The number of amides is 1. The van der Waals surface area contributed by atoms with E-state index in [4.69, 9.17) is 9.47 Å². The first-order valence-corrected chi connectivity index (χ1v) is 11.6. The molecule has 0 saturated carbocycles. The van der Waals surface area contributed by atoms with E-state index in [9.17, 15) is 9.59 Å². The molecule has 2 aromatic heterocycles. The van der Waals surface area contributed by atoms with Gasteiger partial charge in [-0.05, 0) is 30.2 Å². The van der Waals surface area contributed by atoms with Gasteiger partial charge in [0.05, 0.1) is 30.9 Å². The van der Waals surface area contributed by atoms with E-state index < -0.39 is 0 Å². The summed E-state index contributed by atoms with van der Waals surface area (Å²) in [6.07, 6.45) is 2.26. The summed E-state index contributed by atoms with van der Waals surface area (Å²) in [4.78, 5) is 25.4. The minimum Gasteiger partial charge on any atom is -0.497 e. The normalized spacial score (nSPS) is 11.0. The second kappa shape index (κ2) is 10.4. The molecule has 2 aromatic carbocycles. The number of methoxy groups -OCH3 is 2. The molecule has 1 amide bonds. The summed E-state index contributed by atoms with van der Waals surface area (Å²) < 4.78 is 14.0. The maximum atomic E-state index is 12.9. The molecule has 176 valence electrons. The van der Waals surface area contributed by atoms with Crippen molar-refractivity contribution in [1.82, 2.24) is 24.5 Å². The molecular weight excluding hydrogens is 454 g/mol. The number of carbonyl (C=O) groups excluding carboxylic acids is 1.